The van der Waals surface area contributed by atoms with Crippen molar-refractivity contribution in [1.29, 1.82) is 0 Å². The van der Waals surface area contributed by atoms with Crippen LogP contribution in [0.1, 0.15) is 10.4 Å². The summed E-state index contributed by atoms with van der Waals surface area (Å²) >= 11 is 1.32. The van der Waals surface area contributed by atoms with Gasteiger partial charge in [-0.05, 0) is 18.2 Å². The van der Waals surface area contributed by atoms with Crippen LogP contribution in [0.2, 0.25) is 0 Å². The van der Waals surface area contributed by atoms with Crippen LogP contribution in [0.4, 0.5) is 5.69 Å². The van der Waals surface area contributed by atoms with Crippen LogP contribution in [0.3, 0.4) is 0 Å². The number of nitro benzene ring substituents is 1. The summed E-state index contributed by atoms with van der Waals surface area (Å²) in [4.78, 5) is 26.2. The number of hydrogen-bond acceptors (Lipinski definition) is 6. The summed E-state index contributed by atoms with van der Waals surface area (Å²) in [7, 11) is 0. The summed E-state index contributed by atoms with van der Waals surface area (Å²) < 4.78 is 0. The van der Waals surface area contributed by atoms with Gasteiger partial charge in [0.15, 0.2) is 0 Å². The third kappa shape index (κ3) is 2.95. The standard InChI is InChI=1S/C16H11N3O4S/c17-15(21)12-7-9(4-5-14(12)20)13-8-24-16(18-13)10-2-1-3-11(6-10)19(22)23/h1-8,20H,(H2,17,21). The average Bonchev–Trinajstić information content (AvgIpc) is 3.05. The molecular formula is C16H11N3O4S. The Hall–Kier alpha value is -3.26. The van der Waals surface area contributed by atoms with Gasteiger partial charge in [-0.3, -0.25) is 14.9 Å². The van der Waals surface area contributed by atoms with Gasteiger partial charge in [-0.25, -0.2) is 4.98 Å². The molecule has 3 aromatic rings. The number of primary amides is 1. The number of nitrogens with two attached hydrogens (primary N) is 1. The van der Waals surface area contributed by atoms with Crippen LogP contribution < -0.4 is 5.73 Å². The highest BCUT2D eigenvalue weighted by Crippen LogP contribution is 2.32. The second kappa shape index (κ2) is 6.09. The third-order valence-corrected chi connectivity index (χ3v) is 4.26. The Kier molecular flexibility index (Phi) is 3.97. The van der Waals surface area contributed by atoms with Crippen LogP contribution in [0.15, 0.2) is 47.8 Å². The van der Waals surface area contributed by atoms with Crippen molar-refractivity contribution in [2.24, 2.45) is 5.73 Å². The summed E-state index contributed by atoms with van der Waals surface area (Å²) in [6.07, 6.45) is 0. The van der Waals surface area contributed by atoms with Gasteiger partial charge in [0.05, 0.1) is 16.2 Å². The number of aromatic nitrogens is 1. The van der Waals surface area contributed by atoms with E-state index >= 15 is 0 Å². The van der Waals surface area contributed by atoms with Gasteiger partial charge in [-0.15, -0.1) is 11.3 Å². The highest BCUT2D eigenvalue weighted by molar-refractivity contribution is 7.13. The molecule has 0 aliphatic heterocycles. The molecule has 2 aromatic carbocycles. The van der Waals surface area contributed by atoms with Gasteiger partial charge in [0.1, 0.15) is 10.8 Å². The molecule has 0 saturated carbocycles. The Balaban J connectivity index is 2.00. The smallest absolute Gasteiger partial charge is 0.270 e. The highest BCUT2D eigenvalue weighted by Gasteiger charge is 2.13. The van der Waals surface area contributed by atoms with Gasteiger partial charge >= 0.3 is 0 Å². The lowest BCUT2D eigenvalue weighted by Crippen LogP contribution is -2.11. The van der Waals surface area contributed by atoms with E-state index in [0.29, 0.717) is 21.8 Å². The molecule has 0 fully saturated rings. The van der Waals surface area contributed by atoms with Crippen LogP contribution in [0.5, 0.6) is 5.75 Å². The van der Waals surface area contributed by atoms with Crippen molar-refractivity contribution >= 4 is 22.9 Å². The van der Waals surface area contributed by atoms with Crippen LogP contribution in [-0.2, 0) is 0 Å². The Labute approximate surface area is 140 Å². The molecule has 0 spiro atoms. The van der Waals surface area contributed by atoms with E-state index < -0.39 is 10.8 Å². The molecule has 0 atom stereocenters. The number of hydrogen-bond donors (Lipinski definition) is 2. The number of nitrogens with zero attached hydrogens (tertiary/aromatic N) is 2. The number of carbonyl (C=O) groups is 1. The Morgan fingerprint density at radius 2 is 2.00 bits per heavy atom. The topological polar surface area (TPSA) is 119 Å². The third-order valence-electron chi connectivity index (χ3n) is 3.37. The van der Waals surface area contributed by atoms with E-state index in [2.05, 4.69) is 4.98 Å². The molecule has 1 amide bonds. The fourth-order valence-electron chi connectivity index (χ4n) is 2.18. The number of rotatable bonds is 4. The predicted molar refractivity (Wildman–Crippen MR) is 89.8 cm³/mol. The van der Waals surface area contributed by atoms with E-state index in [1.807, 2.05) is 0 Å². The predicted octanol–water partition coefficient (Wildman–Crippen LogP) is 3.19. The summed E-state index contributed by atoms with van der Waals surface area (Å²) in [5.41, 5.74) is 7.06. The van der Waals surface area contributed by atoms with Crippen LogP contribution in [0, 0.1) is 10.1 Å². The molecule has 0 unspecified atom stereocenters. The van der Waals surface area contributed by atoms with Gasteiger partial charge in [-0.1, -0.05) is 12.1 Å². The Morgan fingerprint density at radius 3 is 2.71 bits per heavy atom. The van der Waals surface area contributed by atoms with E-state index in [1.165, 1.54) is 35.6 Å². The van der Waals surface area contributed by atoms with Crippen molar-refractivity contribution in [3.05, 3.63) is 63.5 Å². The first-order valence-corrected chi connectivity index (χ1v) is 7.67. The zero-order valence-electron chi connectivity index (χ0n) is 12.2. The van der Waals surface area contributed by atoms with Crippen LogP contribution in [-0.4, -0.2) is 20.9 Å². The van der Waals surface area contributed by atoms with Crippen LogP contribution >= 0.6 is 11.3 Å². The van der Waals surface area contributed by atoms with Crippen molar-refractivity contribution in [2.75, 3.05) is 0 Å². The van der Waals surface area contributed by atoms with Gasteiger partial charge in [0, 0.05) is 28.6 Å². The second-order valence-corrected chi connectivity index (χ2v) is 5.80. The van der Waals surface area contributed by atoms with Gasteiger partial charge in [0.2, 0.25) is 0 Å². The molecule has 0 aliphatic carbocycles. The molecule has 120 valence electrons. The molecule has 24 heavy (non-hydrogen) atoms. The average molecular weight is 341 g/mol. The number of thiazole rings is 1. The maximum absolute atomic E-state index is 11.3. The lowest BCUT2D eigenvalue weighted by atomic mass is 10.1. The first kappa shape index (κ1) is 15.6. The lowest BCUT2D eigenvalue weighted by Gasteiger charge is -2.03. The van der Waals surface area contributed by atoms with Gasteiger partial charge < -0.3 is 10.8 Å². The SMILES string of the molecule is NC(=O)c1cc(-c2csc(-c3cccc([N+](=O)[O-])c3)n2)ccc1O. The summed E-state index contributed by atoms with van der Waals surface area (Å²) in [6, 6.07) is 10.7. The number of carbonyl (C=O) groups excluding carboxylic acids is 1. The minimum atomic E-state index is -0.733. The fourth-order valence-corrected chi connectivity index (χ4v) is 3.01. The molecule has 0 radical (unpaired) electrons. The van der Waals surface area contributed by atoms with Crippen LogP contribution in [0.25, 0.3) is 21.8 Å². The first-order valence-electron chi connectivity index (χ1n) is 6.79. The lowest BCUT2D eigenvalue weighted by molar-refractivity contribution is -0.384. The summed E-state index contributed by atoms with van der Waals surface area (Å²) in [5, 5.41) is 22.9. The quantitative estimate of drug-likeness (QED) is 0.558. The van der Waals surface area contributed by atoms with E-state index in [1.54, 1.807) is 23.6 Å². The van der Waals surface area contributed by atoms with E-state index in [0.717, 1.165) is 0 Å². The van der Waals surface area contributed by atoms with E-state index in [-0.39, 0.29) is 17.0 Å². The minimum Gasteiger partial charge on any atom is -0.507 e. The molecule has 1 heterocycles. The first-order chi connectivity index (χ1) is 11.5. The van der Waals surface area contributed by atoms with Crippen molar-refractivity contribution in [2.45, 2.75) is 0 Å². The number of non-ortho nitro benzene ring substituents is 1. The maximum atomic E-state index is 11.3. The molecular weight excluding hydrogens is 330 g/mol. The molecule has 1 aromatic heterocycles. The normalized spacial score (nSPS) is 10.5. The van der Waals surface area contributed by atoms with Crippen molar-refractivity contribution in [1.82, 2.24) is 4.98 Å². The molecule has 3 N–H and O–H groups in total. The minimum absolute atomic E-state index is 0.00935. The molecule has 7 nitrogen and oxygen atoms in total. The van der Waals surface area contributed by atoms with Gasteiger partial charge in [-0.2, -0.15) is 0 Å². The fraction of sp³-hybridized carbons (Fsp3) is 0. The summed E-state index contributed by atoms with van der Waals surface area (Å²) in [6.45, 7) is 0. The molecule has 0 aliphatic rings. The molecule has 3 rings (SSSR count). The highest BCUT2D eigenvalue weighted by atomic mass is 32.1. The number of aromatic hydroxyl groups is 1. The Morgan fingerprint density at radius 1 is 1.21 bits per heavy atom. The van der Waals surface area contributed by atoms with E-state index in [4.69, 9.17) is 5.73 Å². The second-order valence-electron chi connectivity index (χ2n) is 4.94. The van der Waals surface area contributed by atoms with E-state index in [9.17, 15) is 20.0 Å². The monoisotopic (exact) mass is 341 g/mol. The Bertz CT molecular complexity index is 952. The van der Waals surface area contributed by atoms with Crippen molar-refractivity contribution < 1.29 is 14.8 Å². The summed E-state index contributed by atoms with van der Waals surface area (Å²) in [5.74, 6) is -0.927. The van der Waals surface area contributed by atoms with Gasteiger partial charge in [0.25, 0.3) is 11.6 Å². The molecule has 0 saturated heterocycles. The number of phenols is 1. The largest absolute Gasteiger partial charge is 0.507 e. The number of amides is 1. The zero-order valence-corrected chi connectivity index (χ0v) is 13.0. The number of benzene rings is 2. The number of nitro groups is 1. The van der Waals surface area contributed by atoms with Crippen molar-refractivity contribution in [3.8, 4) is 27.6 Å². The zero-order chi connectivity index (χ0) is 17.3. The van der Waals surface area contributed by atoms with Crippen molar-refractivity contribution in [3.63, 3.8) is 0 Å². The maximum Gasteiger partial charge on any atom is 0.270 e. The molecule has 0 bridgehead atoms. The molecule has 8 heteroatoms.